The zero-order valence-electron chi connectivity index (χ0n) is 17.3. The fourth-order valence-electron chi connectivity index (χ4n) is 3.81. The van der Waals surface area contributed by atoms with Crippen LogP contribution in [0.2, 0.25) is 0 Å². The summed E-state index contributed by atoms with van der Waals surface area (Å²) < 4.78 is 11.5. The van der Waals surface area contributed by atoms with Crippen LogP contribution >= 0.6 is 0 Å². The van der Waals surface area contributed by atoms with Crippen LogP contribution in [0.25, 0.3) is 0 Å². The summed E-state index contributed by atoms with van der Waals surface area (Å²) in [5.74, 6) is 0.972. The van der Waals surface area contributed by atoms with Crippen molar-refractivity contribution in [3.63, 3.8) is 0 Å². The van der Waals surface area contributed by atoms with Gasteiger partial charge in [-0.3, -0.25) is 9.59 Å². The van der Waals surface area contributed by atoms with Crippen LogP contribution in [0.4, 0.5) is 0 Å². The largest absolute Gasteiger partial charge is 0.489 e. The minimum absolute atomic E-state index is 0.0500. The first kappa shape index (κ1) is 21.3. The van der Waals surface area contributed by atoms with Gasteiger partial charge in [0.05, 0.1) is 6.54 Å². The van der Waals surface area contributed by atoms with Gasteiger partial charge in [0.15, 0.2) is 6.10 Å². The lowest BCUT2D eigenvalue weighted by molar-refractivity contribution is -0.153. The maximum absolute atomic E-state index is 12.1. The third-order valence-corrected chi connectivity index (χ3v) is 5.05. The van der Waals surface area contributed by atoms with E-state index in [2.05, 4.69) is 6.07 Å². The van der Waals surface area contributed by atoms with E-state index < -0.39 is 6.10 Å². The second kappa shape index (κ2) is 9.25. The molecule has 27 heavy (non-hydrogen) atoms. The average Bonchev–Trinajstić information content (AvgIpc) is 3.10. The smallest absolute Gasteiger partial charge is 0.303 e. The maximum Gasteiger partial charge on any atom is 0.303 e. The van der Waals surface area contributed by atoms with E-state index >= 15 is 0 Å². The predicted octanol–water partition coefficient (Wildman–Crippen LogP) is 4.30. The van der Waals surface area contributed by atoms with Crippen molar-refractivity contribution in [2.24, 2.45) is 0 Å². The summed E-state index contributed by atoms with van der Waals surface area (Å²) in [7, 11) is 0. The molecule has 0 radical (unpaired) electrons. The Morgan fingerprint density at radius 2 is 1.78 bits per heavy atom. The van der Waals surface area contributed by atoms with Crippen molar-refractivity contribution in [3.05, 3.63) is 29.8 Å². The van der Waals surface area contributed by atoms with Crippen LogP contribution in [0.3, 0.4) is 0 Å². The van der Waals surface area contributed by atoms with E-state index in [0.29, 0.717) is 12.5 Å². The van der Waals surface area contributed by atoms with Crippen LogP contribution in [0.15, 0.2) is 24.3 Å². The van der Waals surface area contributed by atoms with Crippen LogP contribution < -0.4 is 4.74 Å². The number of carbonyl (C=O) groups is 2. The number of nitrogens with zero attached hydrogens (tertiary/aromatic N) is 1. The molecule has 1 aromatic rings. The highest BCUT2D eigenvalue weighted by Gasteiger charge is 2.29. The van der Waals surface area contributed by atoms with Crippen molar-refractivity contribution in [1.82, 2.24) is 4.90 Å². The molecule has 0 saturated heterocycles. The van der Waals surface area contributed by atoms with E-state index in [0.717, 1.165) is 5.75 Å². The Morgan fingerprint density at radius 3 is 2.33 bits per heavy atom. The molecule has 5 nitrogen and oxygen atoms in total. The van der Waals surface area contributed by atoms with Crippen molar-refractivity contribution >= 4 is 11.9 Å². The SMILES string of the molecule is CC(=O)OC(COc1ccccc1C1CCCC1)CN(C(C)=O)C(C)(C)C. The lowest BCUT2D eigenvalue weighted by Crippen LogP contribution is -2.50. The van der Waals surface area contributed by atoms with E-state index in [1.165, 1.54) is 45.1 Å². The molecule has 0 heterocycles. The minimum atomic E-state index is -0.512. The molecule has 1 aliphatic rings. The van der Waals surface area contributed by atoms with Crippen LogP contribution in [0, 0.1) is 0 Å². The third-order valence-electron chi connectivity index (χ3n) is 5.05. The molecule has 0 aliphatic heterocycles. The Balaban J connectivity index is 2.11. The standard InChI is InChI=1S/C22H33NO4/c1-16(24)23(22(3,4)5)14-19(27-17(2)25)15-26-21-13-9-8-12-20(21)18-10-6-7-11-18/h8-9,12-13,18-19H,6-7,10-11,14-15H2,1-5H3. The van der Waals surface area contributed by atoms with Crippen molar-refractivity contribution in [2.45, 2.75) is 77.9 Å². The molecule has 0 spiro atoms. The molecule has 1 aromatic carbocycles. The lowest BCUT2D eigenvalue weighted by Gasteiger charge is -2.37. The molecular formula is C22H33NO4. The summed E-state index contributed by atoms with van der Waals surface area (Å²) >= 11 is 0. The summed E-state index contributed by atoms with van der Waals surface area (Å²) in [6, 6.07) is 8.11. The molecule has 150 valence electrons. The van der Waals surface area contributed by atoms with Gasteiger partial charge in [0.2, 0.25) is 5.91 Å². The summed E-state index contributed by atoms with van der Waals surface area (Å²) in [6.45, 7) is 9.36. The van der Waals surface area contributed by atoms with Gasteiger partial charge in [0.1, 0.15) is 12.4 Å². The molecule has 5 heteroatoms. The highest BCUT2D eigenvalue weighted by molar-refractivity contribution is 5.74. The molecule has 1 fully saturated rings. The van der Waals surface area contributed by atoms with Gasteiger partial charge in [-0.15, -0.1) is 0 Å². The highest BCUT2D eigenvalue weighted by atomic mass is 16.6. The topological polar surface area (TPSA) is 55.8 Å². The van der Waals surface area contributed by atoms with E-state index in [-0.39, 0.29) is 24.0 Å². The summed E-state index contributed by atoms with van der Waals surface area (Å²) in [6.07, 6.45) is 4.39. The number of ether oxygens (including phenoxy) is 2. The molecule has 1 aliphatic carbocycles. The zero-order valence-corrected chi connectivity index (χ0v) is 17.3. The van der Waals surface area contributed by atoms with E-state index in [4.69, 9.17) is 9.47 Å². The molecule has 2 rings (SSSR count). The van der Waals surface area contributed by atoms with Crippen LogP contribution in [-0.2, 0) is 14.3 Å². The van der Waals surface area contributed by atoms with E-state index in [1.807, 2.05) is 39.0 Å². The second-order valence-corrected chi connectivity index (χ2v) is 8.36. The third kappa shape index (κ3) is 6.26. The Bertz CT molecular complexity index is 644. The monoisotopic (exact) mass is 375 g/mol. The summed E-state index contributed by atoms with van der Waals surface area (Å²) in [5, 5.41) is 0. The molecule has 0 N–H and O–H groups in total. The molecule has 1 atom stereocenters. The highest BCUT2D eigenvalue weighted by Crippen LogP contribution is 2.38. The number of benzene rings is 1. The van der Waals surface area contributed by atoms with Gasteiger partial charge in [0, 0.05) is 19.4 Å². The number of amides is 1. The normalized spacial score (nSPS) is 16.0. The summed E-state index contributed by atoms with van der Waals surface area (Å²) in [4.78, 5) is 25.3. The van der Waals surface area contributed by atoms with Gasteiger partial charge in [-0.2, -0.15) is 0 Å². The van der Waals surface area contributed by atoms with Gasteiger partial charge in [-0.25, -0.2) is 0 Å². The molecule has 0 bridgehead atoms. The van der Waals surface area contributed by atoms with Crippen molar-refractivity contribution in [3.8, 4) is 5.75 Å². The molecule has 1 amide bonds. The fourth-order valence-corrected chi connectivity index (χ4v) is 3.81. The zero-order chi connectivity index (χ0) is 20.0. The lowest BCUT2D eigenvalue weighted by atomic mass is 9.97. The Hall–Kier alpha value is -2.04. The van der Waals surface area contributed by atoms with Gasteiger partial charge < -0.3 is 14.4 Å². The number of rotatable bonds is 7. The van der Waals surface area contributed by atoms with Crippen LogP contribution in [-0.4, -0.2) is 41.6 Å². The minimum Gasteiger partial charge on any atom is -0.489 e. The van der Waals surface area contributed by atoms with Gasteiger partial charge in [0.25, 0.3) is 0 Å². The molecule has 0 aromatic heterocycles. The fraction of sp³-hybridized carbons (Fsp3) is 0.636. The summed E-state index contributed by atoms with van der Waals surface area (Å²) in [5.41, 5.74) is 0.877. The second-order valence-electron chi connectivity index (χ2n) is 8.36. The molecule has 1 unspecified atom stereocenters. The van der Waals surface area contributed by atoms with Crippen molar-refractivity contribution < 1.29 is 19.1 Å². The van der Waals surface area contributed by atoms with Crippen molar-refractivity contribution in [2.75, 3.05) is 13.2 Å². The number of carbonyl (C=O) groups excluding carboxylic acids is 2. The van der Waals surface area contributed by atoms with E-state index in [1.54, 1.807) is 4.90 Å². The first-order chi connectivity index (χ1) is 12.7. The van der Waals surface area contributed by atoms with Crippen LogP contribution in [0.5, 0.6) is 5.75 Å². The van der Waals surface area contributed by atoms with Gasteiger partial charge in [-0.1, -0.05) is 31.0 Å². The Morgan fingerprint density at radius 1 is 1.15 bits per heavy atom. The average molecular weight is 376 g/mol. The molecule has 1 saturated carbocycles. The quantitative estimate of drug-likeness (QED) is 0.667. The van der Waals surface area contributed by atoms with Crippen molar-refractivity contribution in [1.29, 1.82) is 0 Å². The Labute approximate surface area is 163 Å². The number of hydrogen-bond acceptors (Lipinski definition) is 4. The first-order valence-electron chi connectivity index (χ1n) is 9.85. The molecular weight excluding hydrogens is 342 g/mol. The van der Waals surface area contributed by atoms with Gasteiger partial charge >= 0.3 is 5.97 Å². The van der Waals surface area contributed by atoms with Crippen LogP contribution in [0.1, 0.15) is 71.8 Å². The van der Waals surface area contributed by atoms with E-state index in [9.17, 15) is 9.59 Å². The first-order valence-corrected chi connectivity index (χ1v) is 9.85. The number of hydrogen-bond donors (Lipinski definition) is 0. The predicted molar refractivity (Wildman–Crippen MR) is 106 cm³/mol. The number of para-hydroxylation sites is 1. The number of esters is 1. The maximum atomic E-state index is 12.1. The Kier molecular flexibility index (Phi) is 7.28. The van der Waals surface area contributed by atoms with Gasteiger partial charge in [-0.05, 0) is 51.2 Å².